The molecule has 0 amide bonds. The first-order valence-electron chi connectivity index (χ1n) is 7.52. The molecule has 0 unspecified atom stereocenters. The average molecular weight is 353 g/mol. The summed E-state index contributed by atoms with van der Waals surface area (Å²) in [4.78, 5) is -0.965. The minimum absolute atomic E-state index is 0.0499. The fourth-order valence-electron chi connectivity index (χ4n) is 2.42. The van der Waals surface area contributed by atoms with Crippen LogP contribution in [0.5, 0.6) is 0 Å². The Morgan fingerprint density at radius 1 is 0.917 bits per heavy atom. The standard InChI is InChI=1S/C18H15F4NS/c1-2-3-4-5-11-6-8-12(9-7-11)13-14(19)16(21)18(24-10-23)17(22)15(13)20/h6-9H,2-5H2,1H3. The minimum Gasteiger partial charge on any atom is -0.203 e. The number of benzene rings is 2. The Kier molecular flexibility index (Phi) is 6.27. The van der Waals surface area contributed by atoms with E-state index in [2.05, 4.69) is 6.92 Å². The van der Waals surface area contributed by atoms with Gasteiger partial charge in [-0.2, -0.15) is 5.26 Å². The van der Waals surface area contributed by atoms with Gasteiger partial charge >= 0.3 is 0 Å². The van der Waals surface area contributed by atoms with Gasteiger partial charge in [-0.05, 0) is 35.7 Å². The zero-order valence-electron chi connectivity index (χ0n) is 13.0. The van der Waals surface area contributed by atoms with Crippen LogP contribution >= 0.6 is 11.8 Å². The molecule has 0 N–H and O–H groups in total. The number of nitriles is 1. The van der Waals surface area contributed by atoms with E-state index in [0.717, 1.165) is 31.2 Å². The first kappa shape index (κ1) is 18.3. The van der Waals surface area contributed by atoms with Crippen molar-refractivity contribution in [1.82, 2.24) is 0 Å². The van der Waals surface area contributed by atoms with Gasteiger partial charge in [-0.15, -0.1) is 0 Å². The Hall–Kier alpha value is -2.00. The van der Waals surface area contributed by atoms with E-state index in [-0.39, 0.29) is 17.3 Å². The first-order chi connectivity index (χ1) is 11.5. The normalized spacial score (nSPS) is 10.7. The number of hydrogen-bond acceptors (Lipinski definition) is 2. The predicted octanol–water partition coefficient (Wildman–Crippen LogP) is 6.22. The fourth-order valence-corrected chi connectivity index (χ4v) is 2.87. The molecule has 0 fully saturated rings. The van der Waals surface area contributed by atoms with Gasteiger partial charge in [-0.25, -0.2) is 17.6 Å². The molecule has 0 aliphatic rings. The lowest BCUT2D eigenvalue weighted by Gasteiger charge is -2.11. The van der Waals surface area contributed by atoms with Crippen molar-refractivity contribution in [1.29, 1.82) is 5.26 Å². The summed E-state index contributed by atoms with van der Waals surface area (Å²) in [6.07, 6.45) is 4.00. The van der Waals surface area contributed by atoms with E-state index >= 15 is 0 Å². The molecule has 6 heteroatoms. The number of rotatable bonds is 6. The molecule has 0 radical (unpaired) electrons. The van der Waals surface area contributed by atoms with Crippen molar-refractivity contribution in [2.45, 2.75) is 37.5 Å². The van der Waals surface area contributed by atoms with Gasteiger partial charge in [0, 0.05) is 0 Å². The SMILES string of the molecule is CCCCCc1ccc(-c2c(F)c(F)c(SC#N)c(F)c2F)cc1. The van der Waals surface area contributed by atoms with Crippen LogP contribution in [0.4, 0.5) is 17.6 Å². The Bertz CT molecular complexity index is 737. The van der Waals surface area contributed by atoms with Gasteiger partial charge in [0.25, 0.3) is 0 Å². The van der Waals surface area contributed by atoms with Gasteiger partial charge in [-0.1, -0.05) is 44.0 Å². The minimum atomic E-state index is -1.55. The number of thiocyanates is 1. The van der Waals surface area contributed by atoms with E-state index in [9.17, 15) is 17.6 Å². The molecule has 24 heavy (non-hydrogen) atoms. The number of aryl methyl sites for hydroxylation is 1. The van der Waals surface area contributed by atoms with Crippen LogP contribution in [0.15, 0.2) is 29.2 Å². The number of halogens is 4. The molecule has 0 bridgehead atoms. The second-order valence-electron chi connectivity index (χ2n) is 5.31. The van der Waals surface area contributed by atoms with Crippen molar-refractivity contribution >= 4 is 11.8 Å². The molecule has 2 rings (SSSR count). The van der Waals surface area contributed by atoms with Crippen LogP contribution in [0.3, 0.4) is 0 Å². The van der Waals surface area contributed by atoms with Gasteiger partial charge in [0.1, 0.15) is 5.40 Å². The van der Waals surface area contributed by atoms with Crippen LogP contribution in [0.2, 0.25) is 0 Å². The molecule has 126 valence electrons. The van der Waals surface area contributed by atoms with Crippen molar-refractivity contribution in [3.63, 3.8) is 0 Å². The average Bonchev–Trinajstić information content (AvgIpc) is 2.59. The number of thioether (sulfide) groups is 1. The van der Waals surface area contributed by atoms with E-state index in [1.165, 1.54) is 17.5 Å². The smallest absolute Gasteiger partial charge is 0.177 e. The molecule has 0 saturated heterocycles. The van der Waals surface area contributed by atoms with Crippen LogP contribution in [0.25, 0.3) is 11.1 Å². The highest BCUT2D eigenvalue weighted by Gasteiger charge is 2.26. The zero-order valence-corrected chi connectivity index (χ0v) is 13.8. The van der Waals surface area contributed by atoms with E-state index in [4.69, 9.17) is 5.26 Å². The maximum atomic E-state index is 14.2. The van der Waals surface area contributed by atoms with Crippen LogP contribution < -0.4 is 0 Å². The van der Waals surface area contributed by atoms with Crippen molar-refractivity contribution in [3.8, 4) is 16.5 Å². The Balaban J connectivity index is 2.40. The van der Waals surface area contributed by atoms with Crippen LogP contribution in [0.1, 0.15) is 31.7 Å². The molecule has 0 aliphatic heterocycles. The molecular formula is C18H15F4NS. The van der Waals surface area contributed by atoms with E-state index < -0.39 is 33.7 Å². The molecule has 0 aliphatic carbocycles. The van der Waals surface area contributed by atoms with E-state index in [0.29, 0.717) is 0 Å². The molecule has 0 heterocycles. The number of hydrogen-bond donors (Lipinski definition) is 0. The molecular weight excluding hydrogens is 338 g/mol. The van der Waals surface area contributed by atoms with Crippen LogP contribution in [-0.4, -0.2) is 0 Å². The predicted molar refractivity (Wildman–Crippen MR) is 86.4 cm³/mol. The lowest BCUT2D eigenvalue weighted by atomic mass is 10.00. The van der Waals surface area contributed by atoms with Crippen LogP contribution in [0, 0.1) is 33.9 Å². The largest absolute Gasteiger partial charge is 0.203 e. The highest BCUT2D eigenvalue weighted by Crippen LogP contribution is 2.36. The highest BCUT2D eigenvalue weighted by atomic mass is 32.2. The third kappa shape index (κ3) is 3.73. The topological polar surface area (TPSA) is 23.8 Å². The van der Waals surface area contributed by atoms with Crippen molar-refractivity contribution in [2.75, 3.05) is 0 Å². The summed E-state index contributed by atoms with van der Waals surface area (Å²) < 4.78 is 56.1. The van der Waals surface area contributed by atoms with Gasteiger partial charge < -0.3 is 0 Å². The summed E-state index contributed by atoms with van der Waals surface area (Å²) in [6, 6.07) is 6.27. The molecule has 1 nitrogen and oxygen atoms in total. The molecule has 2 aromatic rings. The number of nitrogens with zero attached hydrogens (tertiary/aromatic N) is 1. The summed E-state index contributed by atoms with van der Waals surface area (Å²) >= 11 is 0.0499. The summed E-state index contributed by atoms with van der Waals surface area (Å²) in [7, 11) is 0. The second-order valence-corrected chi connectivity index (χ2v) is 6.10. The molecule has 0 spiro atoms. The number of unbranched alkanes of at least 4 members (excludes halogenated alkanes) is 2. The van der Waals surface area contributed by atoms with Gasteiger partial charge in [0.15, 0.2) is 23.3 Å². The maximum Gasteiger partial charge on any atom is 0.177 e. The van der Waals surface area contributed by atoms with Crippen molar-refractivity contribution in [2.24, 2.45) is 0 Å². The lowest BCUT2D eigenvalue weighted by Crippen LogP contribution is -2.02. The third-order valence-corrected chi connectivity index (χ3v) is 4.34. The summed E-state index contributed by atoms with van der Waals surface area (Å²) in [5.74, 6) is -6.10. The molecule has 0 saturated carbocycles. The quantitative estimate of drug-likeness (QED) is 0.202. The van der Waals surface area contributed by atoms with E-state index in [1.54, 1.807) is 12.1 Å². The van der Waals surface area contributed by atoms with Crippen LogP contribution in [-0.2, 0) is 6.42 Å². The van der Waals surface area contributed by atoms with Crippen molar-refractivity contribution in [3.05, 3.63) is 53.1 Å². The third-order valence-electron chi connectivity index (χ3n) is 3.68. The van der Waals surface area contributed by atoms with E-state index in [1.807, 2.05) is 0 Å². The second kappa shape index (κ2) is 8.20. The van der Waals surface area contributed by atoms with Gasteiger partial charge in [0.05, 0.1) is 10.5 Å². The van der Waals surface area contributed by atoms with Gasteiger partial charge in [0.2, 0.25) is 0 Å². The first-order valence-corrected chi connectivity index (χ1v) is 8.34. The fraction of sp³-hybridized carbons (Fsp3) is 0.278. The molecule has 0 atom stereocenters. The highest BCUT2D eigenvalue weighted by molar-refractivity contribution is 8.03. The zero-order chi connectivity index (χ0) is 17.7. The Morgan fingerprint density at radius 2 is 1.50 bits per heavy atom. The van der Waals surface area contributed by atoms with Crippen molar-refractivity contribution < 1.29 is 17.6 Å². The molecule has 2 aromatic carbocycles. The molecule has 0 aromatic heterocycles. The monoisotopic (exact) mass is 353 g/mol. The maximum absolute atomic E-state index is 14.2. The lowest BCUT2D eigenvalue weighted by molar-refractivity contribution is 0.430. The summed E-state index contributed by atoms with van der Waals surface area (Å²) in [6.45, 7) is 2.09. The summed E-state index contributed by atoms with van der Waals surface area (Å²) in [5, 5.41) is 9.91. The summed E-state index contributed by atoms with van der Waals surface area (Å²) in [5.41, 5.74) is 0.286. The Morgan fingerprint density at radius 3 is 2.00 bits per heavy atom. The Labute approximate surface area is 142 Å². The van der Waals surface area contributed by atoms with Gasteiger partial charge in [-0.3, -0.25) is 0 Å².